The molecule has 4 aromatic rings. The number of carbonyl (C=O) groups is 1. The molecule has 1 aromatic heterocycles. The quantitative estimate of drug-likeness (QED) is 0.225. The summed E-state index contributed by atoms with van der Waals surface area (Å²) in [4.78, 5) is 15.9. The van der Waals surface area contributed by atoms with Crippen LogP contribution in [0.4, 0.5) is 13.2 Å². The molecule has 1 amide bonds. The average Bonchev–Trinajstić information content (AvgIpc) is 3.36. The highest BCUT2D eigenvalue weighted by Crippen LogP contribution is 2.30. The van der Waals surface area contributed by atoms with Gasteiger partial charge < -0.3 is 15.0 Å². The van der Waals surface area contributed by atoms with E-state index in [2.05, 4.69) is 24.1 Å². The topological polar surface area (TPSA) is 59.4 Å². The third-order valence-corrected chi connectivity index (χ3v) is 6.62. The number of hydrogen-bond acceptors (Lipinski definition) is 4. The monoisotopic (exact) mass is 550 g/mol. The summed E-state index contributed by atoms with van der Waals surface area (Å²) in [6.07, 6.45) is -3.87. The van der Waals surface area contributed by atoms with Crippen LogP contribution >= 0.6 is 0 Å². The smallest absolute Gasteiger partial charge is 0.422 e. The van der Waals surface area contributed by atoms with Gasteiger partial charge in [0, 0.05) is 29.8 Å². The van der Waals surface area contributed by atoms with Crippen molar-refractivity contribution in [2.24, 2.45) is 0 Å². The molecule has 0 bridgehead atoms. The number of halogens is 3. The zero-order chi connectivity index (χ0) is 28.5. The van der Waals surface area contributed by atoms with E-state index in [4.69, 9.17) is 9.84 Å². The molecule has 0 atom stereocenters. The number of aromatic nitrogens is 2. The maximum atomic E-state index is 13.7. The summed E-state index contributed by atoms with van der Waals surface area (Å²) in [5.41, 5.74) is 4.10. The van der Waals surface area contributed by atoms with Gasteiger partial charge in [-0.2, -0.15) is 18.3 Å². The van der Waals surface area contributed by atoms with E-state index in [-0.39, 0.29) is 18.0 Å². The zero-order valence-corrected chi connectivity index (χ0v) is 22.6. The lowest BCUT2D eigenvalue weighted by atomic mass is 10.0. The first-order valence-electron chi connectivity index (χ1n) is 13.3. The lowest BCUT2D eigenvalue weighted by Crippen LogP contribution is -2.28. The molecule has 0 aliphatic rings. The second-order valence-electron chi connectivity index (χ2n) is 9.26. The highest BCUT2D eigenvalue weighted by molar-refractivity contribution is 5.96. The molecule has 0 unspecified atom stereocenters. The lowest BCUT2D eigenvalue weighted by Gasteiger charge is -2.18. The van der Waals surface area contributed by atoms with Gasteiger partial charge in [0.1, 0.15) is 5.75 Å². The summed E-state index contributed by atoms with van der Waals surface area (Å²) in [6, 6.07) is 25.8. The number of nitrogens with zero attached hydrogens (tertiary/aromatic N) is 3. The fourth-order valence-electron chi connectivity index (χ4n) is 4.54. The van der Waals surface area contributed by atoms with E-state index in [1.54, 1.807) is 22.9 Å². The van der Waals surface area contributed by atoms with Crippen molar-refractivity contribution in [2.75, 3.05) is 26.2 Å². The molecule has 3 aromatic carbocycles. The summed E-state index contributed by atoms with van der Waals surface area (Å²) in [5, 5.41) is 7.66. The molecule has 0 fully saturated rings. The Balaban J connectivity index is 1.71. The molecule has 0 aliphatic carbocycles. The van der Waals surface area contributed by atoms with Crippen molar-refractivity contribution in [3.8, 4) is 22.7 Å². The van der Waals surface area contributed by atoms with Crippen LogP contribution in [-0.4, -0.2) is 53.0 Å². The molecule has 0 radical (unpaired) electrons. The number of alkyl halides is 3. The van der Waals surface area contributed by atoms with E-state index in [1.807, 2.05) is 60.7 Å². The standard InChI is InChI=1S/C31H33F3N4O2/c1-3-37(4-2)20-19-26-28(30(39)35-21-24-15-11-12-18-27(24)40-22-31(32,33)34)36-38(25-16-9-6-10-17-25)29(26)23-13-7-5-8-14-23/h5-18H,3-4,19-22H2,1-2H3,(H,35,39). The Morgan fingerprint density at radius 3 is 2.20 bits per heavy atom. The fraction of sp³-hybridized carbons (Fsp3) is 0.290. The second kappa shape index (κ2) is 13.3. The van der Waals surface area contributed by atoms with Crippen molar-refractivity contribution in [1.82, 2.24) is 20.0 Å². The summed E-state index contributed by atoms with van der Waals surface area (Å²) >= 11 is 0. The largest absolute Gasteiger partial charge is 0.484 e. The number of ether oxygens (including phenoxy) is 1. The Bertz CT molecular complexity index is 1380. The normalized spacial score (nSPS) is 11.6. The minimum absolute atomic E-state index is 0.0127. The van der Waals surface area contributed by atoms with Gasteiger partial charge in [0.25, 0.3) is 5.91 Å². The second-order valence-corrected chi connectivity index (χ2v) is 9.26. The first kappa shape index (κ1) is 28.9. The molecule has 0 spiro atoms. The van der Waals surface area contributed by atoms with Crippen LogP contribution in [0.15, 0.2) is 84.9 Å². The third kappa shape index (κ3) is 7.30. The van der Waals surface area contributed by atoms with Crippen molar-refractivity contribution in [3.63, 3.8) is 0 Å². The molecule has 40 heavy (non-hydrogen) atoms. The van der Waals surface area contributed by atoms with Crippen molar-refractivity contribution >= 4 is 5.91 Å². The molecule has 0 saturated carbocycles. The minimum atomic E-state index is -4.46. The molecule has 1 heterocycles. The molecule has 9 heteroatoms. The number of rotatable bonds is 12. The molecule has 6 nitrogen and oxygen atoms in total. The first-order valence-corrected chi connectivity index (χ1v) is 13.3. The Morgan fingerprint density at radius 2 is 1.55 bits per heavy atom. The maximum Gasteiger partial charge on any atom is 0.422 e. The molecule has 210 valence electrons. The van der Waals surface area contributed by atoms with Crippen LogP contribution < -0.4 is 10.1 Å². The van der Waals surface area contributed by atoms with Crippen LogP contribution in [0.2, 0.25) is 0 Å². The Kier molecular flexibility index (Phi) is 9.60. The van der Waals surface area contributed by atoms with Crippen LogP contribution in [0.25, 0.3) is 16.9 Å². The van der Waals surface area contributed by atoms with E-state index in [9.17, 15) is 18.0 Å². The van der Waals surface area contributed by atoms with Crippen LogP contribution in [0.3, 0.4) is 0 Å². The highest BCUT2D eigenvalue weighted by Gasteiger charge is 2.29. The number of amides is 1. The number of likely N-dealkylation sites (N-methyl/N-ethyl adjacent to an activating group) is 1. The van der Waals surface area contributed by atoms with Crippen LogP contribution in [-0.2, 0) is 13.0 Å². The Morgan fingerprint density at radius 1 is 0.925 bits per heavy atom. The number of benzene rings is 3. The number of para-hydroxylation sites is 2. The van der Waals surface area contributed by atoms with Crippen LogP contribution in [0.5, 0.6) is 5.75 Å². The maximum absolute atomic E-state index is 13.7. The van der Waals surface area contributed by atoms with Gasteiger partial charge >= 0.3 is 6.18 Å². The Hall–Kier alpha value is -4.11. The van der Waals surface area contributed by atoms with Crippen molar-refractivity contribution in [3.05, 3.63) is 102 Å². The summed E-state index contributed by atoms with van der Waals surface area (Å²) in [7, 11) is 0. The van der Waals surface area contributed by atoms with E-state index < -0.39 is 18.7 Å². The highest BCUT2D eigenvalue weighted by atomic mass is 19.4. The van der Waals surface area contributed by atoms with Gasteiger partial charge in [-0.1, -0.05) is 80.6 Å². The SMILES string of the molecule is CCN(CC)CCc1c(C(=O)NCc2ccccc2OCC(F)(F)F)nn(-c2ccccc2)c1-c1ccccc1. The molecule has 1 N–H and O–H groups in total. The van der Waals surface area contributed by atoms with Gasteiger partial charge in [-0.05, 0) is 37.7 Å². The van der Waals surface area contributed by atoms with Gasteiger partial charge in [-0.3, -0.25) is 4.79 Å². The molecule has 0 aliphatic heterocycles. The number of hydrogen-bond donors (Lipinski definition) is 1. The lowest BCUT2D eigenvalue weighted by molar-refractivity contribution is -0.153. The molecule has 4 rings (SSSR count). The predicted octanol–water partition coefficient (Wildman–Crippen LogP) is 6.29. The van der Waals surface area contributed by atoms with E-state index in [1.165, 1.54) is 6.07 Å². The molecular formula is C31H33F3N4O2. The average molecular weight is 551 g/mol. The van der Waals surface area contributed by atoms with Gasteiger partial charge in [-0.25, -0.2) is 4.68 Å². The summed E-state index contributed by atoms with van der Waals surface area (Å²) < 4.78 is 45.0. The van der Waals surface area contributed by atoms with Gasteiger partial charge in [0.05, 0.1) is 11.4 Å². The first-order chi connectivity index (χ1) is 19.3. The van der Waals surface area contributed by atoms with Crippen molar-refractivity contribution in [1.29, 1.82) is 0 Å². The van der Waals surface area contributed by atoms with Gasteiger partial charge in [-0.15, -0.1) is 0 Å². The van der Waals surface area contributed by atoms with Crippen LogP contribution in [0, 0.1) is 0 Å². The third-order valence-electron chi connectivity index (χ3n) is 6.62. The molecule has 0 saturated heterocycles. The van der Waals surface area contributed by atoms with Crippen molar-refractivity contribution < 1.29 is 22.7 Å². The number of nitrogens with one attached hydrogen (secondary N) is 1. The summed E-state index contributed by atoms with van der Waals surface area (Å²) in [5.74, 6) is -0.339. The van der Waals surface area contributed by atoms with Gasteiger partial charge in [0.15, 0.2) is 12.3 Å². The van der Waals surface area contributed by atoms with E-state index >= 15 is 0 Å². The molecular weight excluding hydrogens is 517 g/mol. The zero-order valence-electron chi connectivity index (χ0n) is 22.6. The van der Waals surface area contributed by atoms with E-state index in [0.717, 1.165) is 42.1 Å². The predicted molar refractivity (Wildman–Crippen MR) is 150 cm³/mol. The fourth-order valence-corrected chi connectivity index (χ4v) is 4.54. The number of carbonyl (C=O) groups excluding carboxylic acids is 1. The van der Waals surface area contributed by atoms with E-state index in [0.29, 0.717) is 12.0 Å². The Labute approximate surface area is 232 Å². The minimum Gasteiger partial charge on any atom is -0.484 e. The van der Waals surface area contributed by atoms with Gasteiger partial charge in [0.2, 0.25) is 0 Å². The van der Waals surface area contributed by atoms with Crippen LogP contribution in [0.1, 0.15) is 35.5 Å². The summed E-state index contributed by atoms with van der Waals surface area (Å²) in [6.45, 7) is 5.26. The van der Waals surface area contributed by atoms with Crippen molar-refractivity contribution in [2.45, 2.75) is 33.0 Å².